The highest BCUT2D eigenvalue weighted by molar-refractivity contribution is 5.88. The first-order valence-corrected chi connectivity index (χ1v) is 11.5. The maximum Gasteiger partial charge on any atom is 0.407 e. The highest BCUT2D eigenvalue weighted by atomic mass is 16.5. The topological polar surface area (TPSA) is 95.9 Å². The van der Waals surface area contributed by atoms with Gasteiger partial charge in [0.05, 0.1) is 0 Å². The third-order valence-electron chi connectivity index (χ3n) is 6.98. The van der Waals surface area contributed by atoms with Crippen LogP contribution in [0.1, 0.15) is 56.6 Å². The lowest BCUT2D eigenvalue weighted by Crippen LogP contribution is -2.52. The monoisotopic (exact) mass is 450 g/mol. The number of alkyl carbamates (subject to hydrolysis) is 1. The Kier molecular flexibility index (Phi) is 6.40. The van der Waals surface area contributed by atoms with Crippen molar-refractivity contribution in [3.8, 4) is 11.1 Å². The van der Waals surface area contributed by atoms with Gasteiger partial charge in [-0.2, -0.15) is 0 Å². The van der Waals surface area contributed by atoms with Gasteiger partial charge in [-0.05, 0) is 48.4 Å². The van der Waals surface area contributed by atoms with Gasteiger partial charge in [0.1, 0.15) is 12.1 Å². The minimum absolute atomic E-state index is 0.0364. The number of likely N-dealkylation sites (tertiary alicyclic amines) is 1. The van der Waals surface area contributed by atoms with Crippen LogP contribution in [0.15, 0.2) is 48.5 Å². The molecule has 4 rings (SSSR count). The molecule has 1 heterocycles. The van der Waals surface area contributed by atoms with E-state index in [0.717, 1.165) is 22.3 Å². The van der Waals surface area contributed by atoms with Gasteiger partial charge in [-0.25, -0.2) is 9.59 Å². The SMILES string of the molecule is CCC(CC(=O)N1CCC[C@@]1(C)C(=O)O)NC(=O)OCC1c2ccccc2-c2ccccc21. The summed E-state index contributed by atoms with van der Waals surface area (Å²) in [5.41, 5.74) is 3.41. The molecule has 1 fully saturated rings. The van der Waals surface area contributed by atoms with E-state index in [0.29, 0.717) is 25.8 Å². The Hall–Kier alpha value is -3.35. The molecule has 0 spiro atoms. The number of hydrogen-bond donors (Lipinski definition) is 2. The molecule has 33 heavy (non-hydrogen) atoms. The molecule has 2 aromatic carbocycles. The average molecular weight is 451 g/mol. The summed E-state index contributed by atoms with van der Waals surface area (Å²) in [5, 5.41) is 12.4. The molecular weight excluding hydrogens is 420 g/mol. The van der Waals surface area contributed by atoms with E-state index in [-0.39, 0.29) is 24.9 Å². The van der Waals surface area contributed by atoms with Crippen molar-refractivity contribution in [3.05, 3.63) is 59.7 Å². The number of fused-ring (bicyclic) bond motifs is 3. The number of rotatable bonds is 7. The first-order chi connectivity index (χ1) is 15.8. The molecule has 7 heteroatoms. The number of carbonyl (C=O) groups is 3. The first-order valence-electron chi connectivity index (χ1n) is 11.5. The van der Waals surface area contributed by atoms with Crippen LogP contribution in [-0.4, -0.2) is 52.7 Å². The van der Waals surface area contributed by atoms with Gasteiger partial charge >= 0.3 is 12.1 Å². The zero-order valence-electron chi connectivity index (χ0n) is 19.0. The Morgan fingerprint density at radius 3 is 2.30 bits per heavy atom. The quantitative estimate of drug-likeness (QED) is 0.660. The van der Waals surface area contributed by atoms with Gasteiger partial charge < -0.3 is 20.1 Å². The van der Waals surface area contributed by atoms with Crippen LogP contribution in [-0.2, 0) is 14.3 Å². The lowest BCUT2D eigenvalue weighted by atomic mass is 9.98. The van der Waals surface area contributed by atoms with Crippen molar-refractivity contribution in [2.45, 2.75) is 57.0 Å². The lowest BCUT2D eigenvalue weighted by molar-refractivity contribution is -0.155. The molecule has 2 aromatic rings. The maximum atomic E-state index is 12.8. The molecular formula is C26H30N2O5. The molecule has 2 amide bonds. The molecule has 2 aliphatic rings. The zero-order valence-corrected chi connectivity index (χ0v) is 19.0. The highest BCUT2D eigenvalue weighted by Gasteiger charge is 2.46. The van der Waals surface area contributed by atoms with E-state index in [1.165, 1.54) is 4.90 Å². The smallest absolute Gasteiger partial charge is 0.407 e. The van der Waals surface area contributed by atoms with E-state index in [4.69, 9.17) is 4.74 Å². The molecule has 2 N–H and O–H groups in total. The molecule has 1 aliphatic carbocycles. The molecule has 174 valence electrons. The standard InChI is InChI=1S/C26H30N2O5/c1-3-17(15-23(29)28-14-8-13-26(28,2)24(30)31)27-25(32)33-16-22-20-11-6-4-9-18(20)19-10-5-7-12-21(19)22/h4-7,9-12,17,22H,3,8,13-16H2,1-2H3,(H,27,32)(H,30,31)/t17?,26-/m0/s1. The van der Waals surface area contributed by atoms with E-state index in [1.807, 2.05) is 31.2 Å². The first kappa shape index (κ1) is 22.8. The normalized spacial score (nSPS) is 20.1. The Labute approximate surface area is 193 Å². The van der Waals surface area contributed by atoms with Crippen molar-refractivity contribution in [2.24, 2.45) is 0 Å². The molecule has 7 nitrogen and oxygen atoms in total. The Morgan fingerprint density at radius 2 is 1.73 bits per heavy atom. The summed E-state index contributed by atoms with van der Waals surface area (Å²) < 4.78 is 5.59. The van der Waals surface area contributed by atoms with Crippen molar-refractivity contribution < 1.29 is 24.2 Å². The van der Waals surface area contributed by atoms with Gasteiger partial charge in [-0.1, -0.05) is 55.5 Å². The Balaban J connectivity index is 1.37. The summed E-state index contributed by atoms with van der Waals surface area (Å²) in [6.07, 6.45) is 1.10. The van der Waals surface area contributed by atoms with Crippen LogP contribution < -0.4 is 5.32 Å². The number of carboxylic acids is 1. The summed E-state index contributed by atoms with van der Waals surface area (Å²) in [5.74, 6) is -1.29. The summed E-state index contributed by atoms with van der Waals surface area (Å²) in [6, 6.07) is 15.8. The van der Waals surface area contributed by atoms with Gasteiger partial charge in [0.2, 0.25) is 5.91 Å². The highest BCUT2D eigenvalue weighted by Crippen LogP contribution is 2.44. The molecule has 1 saturated heterocycles. The van der Waals surface area contributed by atoms with Gasteiger partial charge in [0.15, 0.2) is 0 Å². The van der Waals surface area contributed by atoms with Crippen molar-refractivity contribution in [2.75, 3.05) is 13.2 Å². The van der Waals surface area contributed by atoms with E-state index in [9.17, 15) is 19.5 Å². The number of ether oxygens (including phenoxy) is 1. The average Bonchev–Trinajstić information content (AvgIpc) is 3.36. The van der Waals surface area contributed by atoms with Crippen LogP contribution in [0.4, 0.5) is 4.79 Å². The number of amides is 2. The van der Waals surface area contributed by atoms with E-state index in [2.05, 4.69) is 29.6 Å². The van der Waals surface area contributed by atoms with Crippen molar-refractivity contribution in [1.29, 1.82) is 0 Å². The van der Waals surface area contributed by atoms with Gasteiger partial charge in [-0.15, -0.1) is 0 Å². The molecule has 0 radical (unpaired) electrons. The second-order valence-corrected chi connectivity index (χ2v) is 9.01. The van der Waals surface area contributed by atoms with Crippen LogP contribution in [0.5, 0.6) is 0 Å². The van der Waals surface area contributed by atoms with Crippen LogP contribution in [0, 0.1) is 0 Å². The molecule has 0 saturated carbocycles. The van der Waals surface area contributed by atoms with Crippen LogP contribution in [0.25, 0.3) is 11.1 Å². The largest absolute Gasteiger partial charge is 0.480 e. The zero-order chi connectivity index (χ0) is 23.6. The maximum absolute atomic E-state index is 12.8. The second-order valence-electron chi connectivity index (χ2n) is 9.01. The van der Waals surface area contributed by atoms with Crippen molar-refractivity contribution in [1.82, 2.24) is 10.2 Å². The van der Waals surface area contributed by atoms with Crippen LogP contribution in [0.3, 0.4) is 0 Å². The third kappa shape index (κ3) is 4.32. The summed E-state index contributed by atoms with van der Waals surface area (Å²) in [6.45, 7) is 4.08. The number of hydrogen-bond acceptors (Lipinski definition) is 4. The number of nitrogens with one attached hydrogen (secondary N) is 1. The molecule has 2 atom stereocenters. The minimum Gasteiger partial charge on any atom is -0.480 e. The minimum atomic E-state index is -1.18. The fourth-order valence-electron chi connectivity index (χ4n) is 5.01. The van der Waals surface area contributed by atoms with Crippen LogP contribution >= 0.6 is 0 Å². The third-order valence-corrected chi connectivity index (χ3v) is 6.98. The molecule has 1 aliphatic heterocycles. The second kappa shape index (κ2) is 9.25. The summed E-state index contributed by atoms with van der Waals surface area (Å²) >= 11 is 0. The molecule has 0 aromatic heterocycles. The van der Waals surface area contributed by atoms with E-state index in [1.54, 1.807) is 6.92 Å². The predicted molar refractivity (Wildman–Crippen MR) is 124 cm³/mol. The van der Waals surface area contributed by atoms with E-state index >= 15 is 0 Å². The number of carbonyl (C=O) groups excluding carboxylic acids is 2. The number of carboxylic acid groups (broad SMARTS) is 1. The summed E-state index contributed by atoms with van der Waals surface area (Å²) in [7, 11) is 0. The van der Waals surface area contributed by atoms with Crippen molar-refractivity contribution >= 4 is 18.0 Å². The fourth-order valence-corrected chi connectivity index (χ4v) is 5.01. The molecule has 0 bridgehead atoms. The van der Waals surface area contributed by atoms with Gasteiger partial charge in [0.25, 0.3) is 0 Å². The Morgan fingerprint density at radius 1 is 1.12 bits per heavy atom. The van der Waals surface area contributed by atoms with Gasteiger partial charge in [-0.3, -0.25) is 4.79 Å². The summed E-state index contributed by atoms with van der Waals surface area (Å²) in [4.78, 5) is 38.5. The van der Waals surface area contributed by atoms with Gasteiger partial charge in [0, 0.05) is 24.9 Å². The predicted octanol–water partition coefficient (Wildman–Crippen LogP) is 4.16. The lowest BCUT2D eigenvalue weighted by Gasteiger charge is -2.32. The van der Waals surface area contributed by atoms with Crippen LogP contribution in [0.2, 0.25) is 0 Å². The van der Waals surface area contributed by atoms with Crippen molar-refractivity contribution in [3.63, 3.8) is 0 Å². The number of benzene rings is 2. The number of aliphatic carboxylic acids is 1. The number of nitrogens with zero attached hydrogens (tertiary/aromatic N) is 1. The Bertz CT molecular complexity index is 1020. The molecule has 1 unspecified atom stereocenters. The van der Waals surface area contributed by atoms with E-state index < -0.39 is 23.6 Å². The fraction of sp³-hybridized carbons (Fsp3) is 0.423.